The summed E-state index contributed by atoms with van der Waals surface area (Å²) in [5.74, 6) is 0. The van der Waals surface area contributed by atoms with Crippen LogP contribution in [0.25, 0.3) is 16.9 Å². The Bertz CT molecular complexity index is 1970. The van der Waals surface area contributed by atoms with E-state index >= 15 is 0 Å². The molecule has 2 nitrogen and oxygen atoms in total. The number of benzene rings is 2. The molecule has 3 heteroatoms. The summed E-state index contributed by atoms with van der Waals surface area (Å²) in [6, 6.07) is 14.8. The Morgan fingerprint density at radius 2 is 0.433 bits per heavy atom. The molecule has 0 radical (unpaired) electrons. The third kappa shape index (κ3) is 53.5. The van der Waals surface area contributed by atoms with Crippen molar-refractivity contribution in [1.29, 1.82) is 0 Å². The van der Waals surface area contributed by atoms with Crippen molar-refractivity contribution >= 4 is 11.4 Å². The minimum atomic E-state index is 0.982. The number of aryl methyl sites for hydroxylation is 4. The summed E-state index contributed by atoms with van der Waals surface area (Å²) in [6.45, 7) is 16.1. The number of nitrogens with zero attached hydrogens (tertiary/aromatic N) is 2. The van der Waals surface area contributed by atoms with Gasteiger partial charge in [-0.15, -0.1) is 0 Å². The van der Waals surface area contributed by atoms with Gasteiger partial charge in [0, 0.05) is 22.8 Å². The molecule has 0 aliphatic carbocycles. The summed E-state index contributed by atoms with van der Waals surface area (Å²) >= 11 is 2.03. The van der Waals surface area contributed by atoms with Gasteiger partial charge in [0.05, 0.1) is 0 Å². The summed E-state index contributed by atoms with van der Waals surface area (Å²) in [6.07, 6.45) is 97.7. The summed E-state index contributed by atoms with van der Waals surface area (Å²) in [5.41, 5.74) is 24.1. The molecular formula is C94H170N2Ni. The van der Waals surface area contributed by atoms with E-state index in [0.717, 1.165) is 43.5 Å². The molecule has 0 amide bonds. The summed E-state index contributed by atoms with van der Waals surface area (Å²) < 4.78 is 1.63. The van der Waals surface area contributed by atoms with Crippen LogP contribution in [-0.2, 0) is 40.1 Å². The molecule has 0 unspecified atom stereocenters. The van der Waals surface area contributed by atoms with E-state index in [4.69, 9.17) is 0 Å². The van der Waals surface area contributed by atoms with Gasteiger partial charge in [-0.1, -0.05) is 310 Å². The molecule has 0 atom stereocenters. The summed E-state index contributed by atoms with van der Waals surface area (Å²) in [5, 5.41) is 2.86. The molecule has 0 N–H and O–H groups in total. The molecule has 0 saturated carbocycles. The van der Waals surface area contributed by atoms with Crippen LogP contribution in [0.15, 0.2) is 48.0 Å². The van der Waals surface area contributed by atoms with Gasteiger partial charge in [0.15, 0.2) is 0 Å². The van der Waals surface area contributed by atoms with Crippen LogP contribution in [0.3, 0.4) is 0 Å². The van der Waals surface area contributed by atoms with Gasteiger partial charge in [-0.05, 0) is 111 Å². The molecule has 1 heterocycles. The Morgan fingerprint density at radius 1 is 0.227 bits per heavy atom. The zero-order chi connectivity index (χ0) is 69.6. The fraction of sp³-hybridized carbons (Fsp3) is 0.830. The van der Waals surface area contributed by atoms with Crippen LogP contribution < -0.4 is 0 Å². The van der Waals surface area contributed by atoms with Gasteiger partial charge in [0.2, 0.25) is 11.4 Å². The first-order valence-corrected chi connectivity index (χ1v) is 46.0. The molecule has 0 bridgehead atoms. The second-order valence-corrected chi connectivity index (χ2v) is 32.6. The maximum absolute atomic E-state index is 12.5. The third-order valence-electron chi connectivity index (χ3n) is 21.5. The van der Waals surface area contributed by atoms with Crippen LogP contribution in [0.5, 0.6) is 0 Å². The summed E-state index contributed by atoms with van der Waals surface area (Å²) in [4.78, 5) is 0. The first-order chi connectivity index (χ1) is 48.0. The number of allylic oxidation sites excluding steroid dienone is 2. The zero-order valence-corrected chi connectivity index (χ0v) is 67.9. The van der Waals surface area contributed by atoms with Gasteiger partial charge in [-0.3, -0.25) is 0 Å². The van der Waals surface area contributed by atoms with E-state index in [9.17, 15) is 5.53 Å². The molecule has 3 rings (SSSR count). The number of hydrogen-bond acceptors (Lipinski definition) is 0. The quantitative estimate of drug-likeness (QED) is 0.0358. The molecule has 2 aromatic carbocycles. The Labute approximate surface area is 615 Å². The fourth-order valence-electron chi connectivity index (χ4n) is 15.0. The van der Waals surface area contributed by atoms with Crippen LogP contribution in [0.1, 0.15) is 499 Å². The van der Waals surface area contributed by atoms with E-state index in [2.05, 4.69) is 90.9 Å². The molecule has 566 valence electrons. The monoisotopic (exact) mass is 1390 g/mol. The van der Waals surface area contributed by atoms with E-state index in [1.165, 1.54) is 461 Å². The molecule has 0 saturated heterocycles. The van der Waals surface area contributed by atoms with Crippen LogP contribution in [0, 0.1) is 0 Å². The van der Waals surface area contributed by atoms with E-state index in [1.54, 1.807) is 4.70 Å². The minimum absolute atomic E-state index is 0.982. The van der Waals surface area contributed by atoms with Crippen molar-refractivity contribution in [3.63, 3.8) is 0 Å². The van der Waals surface area contributed by atoms with Crippen molar-refractivity contribution in [3.8, 4) is 0 Å². The molecule has 0 fully saturated rings. The first kappa shape index (κ1) is 91.1. The standard InChI is InChI=1S/C72H124N2.2C11H23.Ni/c1-6-11-16-19-22-24-26-28-30-32-34-36-38-40-42-44-46-49-54-66-58-67(55-50-47-45-43-41-39-37-35-33-31-29-27-25-23-20-17-12-7-2)62-70(61-66)72-68(56-51-48-21-18-13-8-3)63-71(74(72)73)69-59-64(52-14-9-4)57-65(60-69)53-15-10-5;2*1-3-5-7-9-11-10-8-6-4-2;/h57-63H,6-56H2,1-5H3;2*1,3-11H2,2H3;. The average molecular weight is 1390 g/mol. The van der Waals surface area contributed by atoms with Gasteiger partial charge in [0.1, 0.15) is 0 Å². The van der Waals surface area contributed by atoms with Crippen LogP contribution in [0.4, 0.5) is 0 Å². The van der Waals surface area contributed by atoms with Crippen LogP contribution in [0.2, 0.25) is 10.8 Å². The third-order valence-corrected chi connectivity index (χ3v) is 22.9. The van der Waals surface area contributed by atoms with Crippen molar-refractivity contribution in [1.82, 2.24) is 0 Å². The Kier molecular flexibility index (Phi) is 66.7. The second-order valence-electron chi connectivity index (χ2n) is 31.2. The predicted octanol–water partition coefficient (Wildman–Crippen LogP) is 34.1. The molecule has 97 heavy (non-hydrogen) atoms. The first-order valence-electron chi connectivity index (χ1n) is 44.6. The van der Waals surface area contributed by atoms with Gasteiger partial charge >= 0.3 is 155 Å². The molecule has 0 aromatic heterocycles. The predicted molar refractivity (Wildman–Crippen MR) is 436 cm³/mol. The average Bonchev–Trinajstić information content (AvgIpc) is 1.64. The Morgan fingerprint density at radius 3 is 0.691 bits per heavy atom. The van der Waals surface area contributed by atoms with E-state index in [0.29, 0.717) is 0 Å². The molecule has 2 aromatic rings. The van der Waals surface area contributed by atoms with Crippen molar-refractivity contribution < 1.29 is 19.1 Å². The number of rotatable bonds is 73. The maximum atomic E-state index is 12.5. The fourth-order valence-corrected chi connectivity index (χ4v) is 16.2. The summed E-state index contributed by atoms with van der Waals surface area (Å²) in [7, 11) is 0. The van der Waals surface area contributed by atoms with E-state index < -0.39 is 0 Å². The topological polar surface area (TPSA) is 25.3 Å². The van der Waals surface area contributed by atoms with Gasteiger partial charge in [-0.25, -0.2) is 4.70 Å². The SMILES string of the molecule is CCCCCCCCCCCCCCCCCCCCc1cc(CCCCCCCCCCCCCCCCCCCC)cc(C2=C(CCCCCCCC)C=C(c3cc(CCCC)cc(CCCC)c3)[N+]2=[N-])c1.CCCCCCCCCC[CH2][Ni][CH2]CCCCCCCCCC. The van der Waals surface area contributed by atoms with Crippen molar-refractivity contribution in [3.05, 3.63) is 87.0 Å². The second kappa shape index (κ2) is 71.0. The Balaban J connectivity index is 0.00000118. The molecule has 0 spiro atoms. The van der Waals surface area contributed by atoms with Crippen LogP contribution in [-0.4, -0.2) is 4.70 Å². The van der Waals surface area contributed by atoms with Gasteiger partial charge < -0.3 is 5.53 Å². The number of hydrogen-bond donors (Lipinski definition) is 0. The van der Waals surface area contributed by atoms with Crippen molar-refractivity contribution in [2.45, 2.75) is 502 Å². The normalized spacial score (nSPS) is 12.4. The van der Waals surface area contributed by atoms with E-state index in [1.807, 2.05) is 14.4 Å². The van der Waals surface area contributed by atoms with Crippen LogP contribution >= 0.6 is 0 Å². The Hall–Kier alpha value is -1.99. The van der Waals surface area contributed by atoms with Gasteiger partial charge in [0.25, 0.3) is 0 Å². The molecule has 1 aliphatic rings. The van der Waals surface area contributed by atoms with Gasteiger partial charge in [-0.2, -0.15) is 0 Å². The molecule has 1 aliphatic heterocycles. The van der Waals surface area contributed by atoms with Crippen molar-refractivity contribution in [2.75, 3.05) is 0 Å². The zero-order valence-electron chi connectivity index (χ0n) is 67.0. The van der Waals surface area contributed by atoms with Crippen molar-refractivity contribution in [2.24, 2.45) is 0 Å². The molecular weight excluding hydrogens is 1220 g/mol. The van der Waals surface area contributed by atoms with E-state index in [-0.39, 0.29) is 0 Å². The number of unbranched alkanes of at least 4 members (excludes halogenated alkanes) is 57.